The summed E-state index contributed by atoms with van der Waals surface area (Å²) in [6.45, 7) is 6.98. The predicted octanol–water partition coefficient (Wildman–Crippen LogP) is 2.15. The minimum Gasteiger partial charge on any atom is -0.494 e. The van der Waals surface area contributed by atoms with Crippen LogP contribution in [0.25, 0.3) is 5.76 Å². The summed E-state index contributed by atoms with van der Waals surface area (Å²) in [5.74, 6) is 0.714. The van der Waals surface area contributed by atoms with Gasteiger partial charge in [0.2, 0.25) is 0 Å². The highest BCUT2D eigenvalue weighted by Crippen LogP contribution is 2.14. The predicted molar refractivity (Wildman–Crippen MR) is 55.0 cm³/mol. The van der Waals surface area contributed by atoms with Gasteiger partial charge in [-0.15, -0.1) is 0 Å². The molecule has 0 saturated carbocycles. The van der Waals surface area contributed by atoms with Crippen molar-refractivity contribution in [1.82, 2.24) is 0 Å². The molecular formula is C11H15NO. The molecular weight excluding hydrogens is 162 g/mol. The molecule has 0 aliphatic rings. The average Bonchev–Trinajstić information content (AvgIpc) is 2.18. The Morgan fingerprint density at radius 2 is 2.00 bits per heavy atom. The van der Waals surface area contributed by atoms with Crippen molar-refractivity contribution in [1.29, 1.82) is 0 Å². The van der Waals surface area contributed by atoms with Gasteiger partial charge in [-0.3, -0.25) is 0 Å². The fourth-order valence-electron chi connectivity index (χ4n) is 1.08. The summed E-state index contributed by atoms with van der Waals surface area (Å²) >= 11 is 0. The van der Waals surface area contributed by atoms with Crippen molar-refractivity contribution in [3.8, 4) is 0 Å². The van der Waals surface area contributed by atoms with E-state index in [0.717, 1.165) is 11.1 Å². The van der Waals surface area contributed by atoms with Crippen molar-refractivity contribution >= 4 is 5.76 Å². The van der Waals surface area contributed by atoms with Crippen molar-refractivity contribution < 1.29 is 4.74 Å². The fraction of sp³-hybridized carbons (Fsp3) is 0.273. The quantitative estimate of drug-likeness (QED) is 0.715. The van der Waals surface area contributed by atoms with E-state index in [9.17, 15) is 0 Å². The van der Waals surface area contributed by atoms with Gasteiger partial charge in [0.1, 0.15) is 5.76 Å². The van der Waals surface area contributed by atoms with Gasteiger partial charge in [-0.05, 0) is 12.5 Å². The van der Waals surface area contributed by atoms with Gasteiger partial charge in [-0.2, -0.15) is 0 Å². The zero-order chi connectivity index (χ0) is 9.68. The molecule has 0 aliphatic carbocycles. The molecule has 2 nitrogen and oxygen atoms in total. The average molecular weight is 177 g/mol. The number of ether oxygens (including phenoxy) is 1. The van der Waals surface area contributed by atoms with Crippen LogP contribution in [0.5, 0.6) is 0 Å². The van der Waals surface area contributed by atoms with E-state index in [2.05, 4.69) is 6.58 Å². The Hall–Kier alpha value is -1.28. The lowest BCUT2D eigenvalue weighted by atomic mass is 10.1. The summed E-state index contributed by atoms with van der Waals surface area (Å²) in [5.41, 5.74) is 7.61. The van der Waals surface area contributed by atoms with Crippen LogP contribution in [-0.4, -0.2) is 6.61 Å². The molecule has 13 heavy (non-hydrogen) atoms. The van der Waals surface area contributed by atoms with E-state index in [4.69, 9.17) is 10.5 Å². The van der Waals surface area contributed by atoms with Crippen LogP contribution in [0.15, 0.2) is 30.8 Å². The number of hydrogen-bond donors (Lipinski definition) is 1. The van der Waals surface area contributed by atoms with Gasteiger partial charge < -0.3 is 10.5 Å². The summed E-state index contributed by atoms with van der Waals surface area (Å²) in [4.78, 5) is 0. The van der Waals surface area contributed by atoms with Gasteiger partial charge in [-0.1, -0.05) is 30.8 Å². The third-order valence-corrected chi connectivity index (χ3v) is 1.83. The lowest BCUT2D eigenvalue weighted by Crippen LogP contribution is -1.96. The van der Waals surface area contributed by atoms with Crippen molar-refractivity contribution in [2.75, 3.05) is 6.61 Å². The second-order valence-corrected chi connectivity index (χ2v) is 2.76. The van der Waals surface area contributed by atoms with Crippen molar-refractivity contribution in [2.45, 2.75) is 13.5 Å². The van der Waals surface area contributed by atoms with Crippen LogP contribution in [0.1, 0.15) is 18.1 Å². The maximum atomic E-state index is 5.48. The summed E-state index contributed by atoms with van der Waals surface area (Å²) in [6.07, 6.45) is 0. The largest absolute Gasteiger partial charge is 0.494 e. The Morgan fingerprint density at radius 1 is 1.38 bits per heavy atom. The molecule has 0 fully saturated rings. The van der Waals surface area contributed by atoms with Crippen molar-refractivity contribution in [3.05, 3.63) is 42.0 Å². The zero-order valence-electron chi connectivity index (χ0n) is 7.92. The highest BCUT2D eigenvalue weighted by atomic mass is 16.5. The monoisotopic (exact) mass is 177 g/mol. The summed E-state index contributed by atoms with van der Waals surface area (Å²) in [5, 5.41) is 0. The van der Waals surface area contributed by atoms with E-state index in [-0.39, 0.29) is 0 Å². The molecule has 0 heterocycles. The van der Waals surface area contributed by atoms with Crippen LogP contribution in [0.4, 0.5) is 0 Å². The van der Waals surface area contributed by atoms with Gasteiger partial charge in [0.15, 0.2) is 0 Å². The second-order valence-electron chi connectivity index (χ2n) is 2.76. The first kappa shape index (κ1) is 9.81. The lowest BCUT2D eigenvalue weighted by Gasteiger charge is -2.06. The van der Waals surface area contributed by atoms with E-state index in [1.165, 1.54) is 0 Å². The SMILES string of the molecule is C=C(OCC)c1ccc(CN)cc1. The smallest absolute Gasteiger partial charge is 0.119 e. The Bertz CT molecular complexity index is 277. The first-order valence-electron chi connectivity index (χ1n) is 4.39. The molecule has 0 aromatic heterocycles. The van der Waals surface area contributed by atoms with Crippen molar-refractivity contribution in [3.63, 3.8) is 0 Å². The maximum absolute atomic E-state index is 5.48. The summed E-state index contributed by atoms with van der Waals surface area (Å²) < 4.78 is 5.28. The van der Waals surface area contributed by atoms with Crippen molar-refractivity contribution in [2.24, 2.45) is 5.73 Å². The first-order valence-corrected chi connectivity index (χ1v) is 4.39. The van der Waals surface area contributed by atoms with Gasteiger partial charge in [0, 0.05) is 12.1 Å². The molecule has 0 radical (unpaired) electrons. The minimum atomic E-state index is 0.571. The fourth-order valence-corrected chi connectivity index (χ4v) is 1.08. The zero-order valence-corrected chi connectivity index (χ0v) is 7.92. The molecule has 2 N–H and O–H groups in total. The van der Waals surface area contributed by atoms with Crippen LogP contribution in [0, 0.1) is 0 Å². The molecule has 0 unspecified atom stereocenters. The summed E-state index contributed by atoms with van der Waals surface area (Å²) in [6, 6.07) is 7.92. The van der Waals surface area contributed by atoms with Crippen LogP contribution < -0.4 is 5.73 Å². The molecule has 0 amide bonds. The van der Waals surface area contributed by atoms with E-state index in [1.54, 1.807) is 0 Å². The lowest BCUT2D eigenvalue weighted by molar-refractivity contribution is 0.299. The van der Waals surface area contributed by atoms with Crippen LogP contribution in [0.2, 0.25) is 0 Å². The molecule has 0 atom stereocenters. The standard InChI is InChI=1S/C11H15NO/c1-3-13-9(2)11-6-4-10(8-12)5-7-11/h4-7H,2-3,8,12H2,1H3. The molecule has 0 aliphatic heterocycles. The minimum absolute atomic E-state index is 0.571. The third-order valence-electron chi connectivity index (χ3n) is 1.83. The summed E-state index contributed by atoms with van der Waals surface area (Å²) in [7, 11) is 0. The molecule has 0 saturated heterocycles. The Labute approximate surface area is 79.0 Å². The molecule has 0 spiro atoms. The van der Waals surface area contributed by atoms with E-state index in [0.29, 0.717) is 18.9 Å². The number of rotatable bonds is 4. The Morgan fingerprint density at radius 3 is 2.46 bits per heavy atom. The number of hydrogen-bond acceptors (Lipinski definition) is 2. The van der Waals surface area contributed by atoms with Crippen LogP contribution in [0.3, 0.4) is 0 Å². The number of benzene rings is 1. The van der Waals surface area contributed by atoms with Crippen LogP contribution in [-0.2, 0) is 11.3 Å². The third kappa shape index (κ3) is 2.60. The van der Waals surface area contributed by atoms with Gasteiger partial charge in [0.25, 0.3) is 0 Å². The molecule has 1 rings (SSSR count). The first-order chi connectivity index (χ1) is 6.27. The molecule has 2 heteroatoms. The molecule has 1 aromatic carbocycles. The highest BCUT2D eigenvalue weighted by molar-refractivity contribution is 5.57. The van der Waals surface area contributed by atoms with Gasteiger partial charge in [0.05, 0.1) is 6.61 Å². The van der Waals surface area contributed by atoms with Gasteiger partial charge >= 0.3 is 0 Å². The second kappa shape index (κ2) is 4.67. The topological polar surface area (TPSA) is 35.2 Å². The van der Waals surface area contributed by atoms with Gasteiger partial charge in [-0.25, -0.2) is 0 Å². The highest BCUT2D eigenvalue weighted by Gasteiger charge is 1.97. The van der Waals surface area contributed by atoms with E-state index in [1.807, 2.05) is 31.2 Å². The van der Waals surface area contributed by atoms with E-state index >= 15 is 0 Å². The van der Waals surface area contributed by atoms with E-state index < -0.39 is 0 Å². The molecule has 0 bridgehead atoms. The molecule has 1 aromatic rings. The van der Waals surface area contributed by atoms with Crippen LogP contribution >= 0.6 is 0 Å². The molecule has 70 valence electrons. The Kier molecular flexibility index (Phi) is 3.53. The number of nitrogens with two attached hydrogens (primary N) is 1. The Balaban J connectivity index is 2.74. The maximum Gasteiger partial charge on any atom is 0.119 e. The normalized spacial score (nSPS) is 9.69.